The van der Waals surface area contributed by atoms with Gasteiger partial charge in [-0.1, -0.05) is 24.3 Å². The zero-order valence-electron chi connectivity index (χ0n) is 11.3. The van der Waals surface area contributed by atoms with Crippen molar-refractivity contribution in [2.45, 2.75) is 19.6 Å². The van der Waals surface area contributed by atoms with E-state index < -0.39 is 0 Å². The Bertz CT molecular complexity index is 503. The number of rotatable bonds is 5. The van der Waals surface area contributed by atoms with Gasteiger partial charge in [0.1, 0.15) is 18.1 Å². The van der Waals surface area contributed by atoms with E-state index in [4.69, 9.17) is 15.2 Å². The van der Waals surface area contributed by atoms with E-state index in [-0.39, 0.29) is 6.04 Å². The summed E-state index contributed by atoms with van der Waals surface area (Å²) in [6.45, 7) is 2.51. The largest absolute Gasteiger partial charge is 0.497 e. The molecule has 2 N–H and O–H groups in total. The minimum Gasteiger partial charge on any atom is -0.497 e. The summed E-state index contributed by atoms with van der Waals surface area (Å²) in [6, 6.07) is 15.8. The van der Waals surface area contributed by atoms with Crippen LogP contribution in [-0.2, 0) is 6.61 Å². The third kappa shape index (κ3) is 3.73. The molecule has 0 saturated heterocycles. The lowest BCUT2D eigenvalue weighted by Gasteiger charge is -2.09. The molecule has 0 unspecified atom stereocenters. The summed E-state index contributed by atoms with van der Waals surface area (Å²) in [6.07, 6.45) is 0. The molecule has 1 atom stereocenters. The quantitative estimate of drug-likeness (QED) is 0.893. The number of nitrogens with two attached hydrogens (primary N) is 1. The molecule has 2 rings (SSSR count). The Balaban J connectivity index is 1.94. The molecule has 3 heteroatoms. The van der Waals surface area contributed by atoms with Crippen LogP contribution < -0.4 is 15.2 Å². The fourth-order valence-corrected chi connectivity index (χ4v) is 1.76. The van der Waals surface area contributed by atoms with Crippen LogP contribution >= 0.6 is 0 Å². The van der Waals surface area contributed by atoms with E-state index in [0.29, 0.717) is 6.61 Å². The normalized spacial score (nSPS) is 11.9. The average molecular weight is 257 g/mol. The summed E-state index contributed by atoms with van der Waals surface area (Å²) in [7, 11) is 1.66. The Morgan fingerprint density at radius 3 is 2.05 bits per heavy atom. The Kier molecular flexibility index (Phi) is 4.42. The highest BCUT2D eigenvalue weighted by Gasteiger charge is 2.00. The third-order valence-corrected chi connectivity index (χ3v) is 2.97. The van der Waals surface area contributed by atoms with Crippen molar-refractivity contribution < 1.29 is 9.47 Å². The SMILES string of the molecule is COc1ccc(COc2ccc([C@H](C)N)cc2)cc1. The molecule has 2 aromatic carbocycles. The van der Waals surface area contributed by atoms with Gasteiger partial charge >= 0.3 is 0 Å². The van der Waals surface area contributed by atoms with Crippen LogP contribution in [-0.4, -0.2) is 7.11 Å². The fraction of sp³-hybridized carbons (Fsp3) is 0.250. The van der Waals surface area contributed by atoms with Crippen molar-refractivity contribution in [3.05, 3.63) is 59.7 Å². The number of methoxy groups -OCH3 is 1. The lowest BCUT2D eigenvalue weighted by Crippen LogP contribution is -2.04. The Hall–Kier alpha value is -2.00. The second-order valence-corrected chi connectivity index (χ2v) is 4.49. The first kappa shape index (κ1) is 13.4. The molecule has 0 fully saturated rings. The third-order valence-electron chi connectivity index (χ3n) is 2.97. The Morgan fingerprint density at radius 1 is 0.947 bits per heavy atom. The molecule has 0 aliphatic carbocycles. The topological polar surface area (TPSA) is 44.5 Å². The predicted molar refractivity (Wildman–Crippen MR) is 76.4 cm³/mol. The van der Waals surface area contributed by atoms with Gasteiger partial charge in [-0.3, -0.25) is 0 Å². The van der Waals surface area contributed by atoms with E-state index in [9.17, 15) is 0 Å². The molecule has 100 valence electrons. The molecule has 0 saturated carbocycles. The zero-order chi connectivity index (χ0) is 13.7. The molecule has 0 heterocycles. The van der Waals surface area contributed by atoms with Crippen LogP contribution in [0.25, 0.3) is 0 Å². The molecular weight excluding hydrogens is 238 g/mol. The number of benzene rings is 2. The zero-order valence-corrected chi connectivity index (χ0v) is 11.3. The second-order valence-electron chi connectivity index (χ2n) is 4.49. The maximum Gasteiger partial charge on any atom is 0.119 e. The summed E-state index contributed by atoms with van der Waals surface area (Å²) in [5.41, 5.74) is 8.02. The van der Waals surface area contributed by atoms with E-state index in [1.54, 1.807) is 7.11 Å². The van der Waals surface area contributed by atoms with Crippen LogP contribution in [0, 0.1) is 0 Å². The van der Waals surface area contributed by atoms with Crippen molar-refractivity contribution in [2.24, 2.45) is 5.73 Å². The molecule has 19 heavy (non-hydrogen) atoms. The highest BCUT2D eigenvalue weighted by molar-refractivity contribution is 5.30. The van der Waals surface area contributed by atoms with Crippen molar-refractivity contribution >= 4 is 0 Å². The van der Waals surface area contributed by atoms with Gasteiger partial charge in [-0.2, -0.15) is 0 Å². The number of hydrogen-bond donors (Lipinski definition) is 1. The first-order valence-electron chi connectivity index (χ1n) is 6.30. The van der Waals surface area contributed by atoms with Crippen molar-refractivity contribution in [2.75, 3.05) is 7.11 Å². The van der Waals surface area contributed by atoms with E-state index in [1.165, 1.54) is 0 Å². The fourth-order valence-electron chi connectivity index (χ4n) is 1.76. The molecule has 0 aromatic heterocycles. The molecule has 0 aliphatic rings. The second kappa shape index (κ2) is 6.25. The van der Waals surface area contributed by atoms with Gasteiger partial charge in [-0.15, -0.1) is 0 Å². The highest BCUT2D eigenvalue weighted by atomic mass is 16.5. The van der Waals surface area contributed by atoms with Crippen LogP contribution in [0.4, 0.5) is 0 Å². The molecule has 0 amide bonds. The van der Waals surface area contributed by atoms with Crippen molar-refractivity contribution in [1.29, 1.82) is 0 Å². The standard InChI is InChI=1S/C16H19NO2/c1-12(17)14-5-9-16(10-6-14)19-11-13-3-7-15(18-2)8-4-13/h3-10,12H,11,17H2,1-2H3/t12-/m0/s1. The summed E-state index contributed by atoms with van der Waals surface area (Å²) in [5.74, 6) is 1.70. The lowest BCUT2D eigenvalue weighted by atomic mass is 10.1. The maximum absolute atomic E-state index is 5.80. The van der Waals surface area contributed by atoms with Gasteiger partial charge < -0.3 is 15.2 Å². The van der Waals surface area contributed by atoms with E-state index >= 15 is 0 Å². The summed E-state index contributed by atoms with van der Waals surface area (Å²) < 4.78 is 10.8. The average Bonchev–Trinajstić information content (AvgIpc) is 2.46. The molecule has 0 radical (unpaired) electrons. The van der Waals surface area contributed by atoms with E-state index in [2.05, 4.69) is 0 Å². The molecule has 0 bridgehead atoms. The Labute approximate surface area is 114 Å². The van der Waals surface area contributed by atoms with Gasteiger partial charge in [0.05, 0.1) is 7.11 Å². The smallest absolute Gasteiger partial charge is 0.119 e. The maximum atomic E-state index is 5.80. The number of hydrogen-bond acceptors (Lipinski definition) is 3. The number of ether oxygens (including phenoxy) is 2. The molecular formula is C16H19NO2. The van der Waals surface area contributed by atoms with Gasteiger partial charge in [0.2, 0.25) is 0 Å². The summed E-state index contributed by atoms with van der Waals surface area (Å²) in [4.78, 5) is 0. The van der Waals surface area contributed by atoms with Crippen LogP contribution in [0.2, 0.25) is 0 Å². The first-order valence-corrected chi connectivity index (χ1v) is 6.30. The molecule has 3 nitrogen and oxygen atoms in total. The van der Waals surface area contributed by atoms with Crippen LogP contribution in [0.5, 0.6) is 11.5 Å². The van der Waals surface area contributed by atoms with Gasteiger partial charge in [0.15, 0.2) is 0 Å². The summed E-state index contributed by atoms with van der Waals surface area (Å²) >= 11 is 0. The lowest BCUT2D eigenvalue weighted by molar-refractivity contribution is 0.306. The molecule has 0 spiro atoms. The van der Waals surface area contributed by atoms with Crippen LogP contribution in [0.3, 0.4) is 0 Å². The summed E-state index contributed by atoms with van der Waals surface area (Å²) in [5, 5.41) is 0. The minimum atomic E-state index is 0.0515. The van der Waals surface area contributed by atoms with Gasteiger partial charge in [0.25, 0.3) is 0 Å². The van der Waals surface area contributed by atoms with Gasteiger partial charge in [-0.05, 0) is 42.3 Å². The predicted octanol–water partition coefficient (Wildman–Crippen LogP) is 3.29. The van der Waals surface area contributed by atoms with Gasteiger partial charge in [0, 0.05) is 6.04 Å². The van der Waals surface area contributed by atoms with Gasteiger partial charge in [-0.25, -0.2) is 0 Å². The minimum absolute atomic E-state index is 0.0515. The monoisotopic (exact) mass is 257 g/mol. The van der Waals surface area contributed by atoms with Crippen LogP contribution in [0.1, 0.15) is 24.1 Å². The van der Waals surface area contributed by atoms with Crippen LogP contribution in [0.15, 0.2) is 48.5 Å². The van der Waals surface area contributed by atoms with Crippen molar-refractivity contribution in [3.63, 3.8) is 0 Å². The molecule has 0 aliphatic heterocycles. The van der Waals surface area contributed by atoms with E-state index in [0.717, 1.165) is 22.6 Å². The highest BCUT2D eigenvalue weighted by Crippen LogP contribution is 2.18. The van der Waals surface area contributed by atoms with Crippen molar-refractivity contribution in [3.8, 4) is 11.5 Å². The first-order chi connectivity index (χ1) is 9.19. The Morgan fingerprint density at radius 2 is 1.53 bits per heavy atom. The van der Waals surface area contributed by atoms with E-state index in [1.807, 2.05) is 55.5 Å². The molecule has 2 aromatic rings. The van der Waals surface area contributed by atoms with Crippen molar-refractivity contribution in [1.82, 2.24) is 0 Å².